The average Bonchev–Trinajstić information content (AvgIpc) is 2.19. The van der Waals surface area contributed by atoms with Gasteiger partial charge in [-0.3, -0.25) is 0 Å². The van der Waals surface area contributed by atoms with Gasteiger partial charge in [0, 0.05) is 11.8 Å². The van der Waals surface area contributed by atoms with Crippen LogP contribution in [0.25, 0.3) is 0 Å². The molecule has 1 rings (SSSR count). The number of alkyl halides is 2. The van der Waals surface area contributed by atoms with Gasteiger partial charge >= 0.3 is 0 Å². The molecule has 0 amide bonds. The first-order chi connectivity index (χ1) is 6.36. The van der Waals surface area contributed by atoms with E-state index in [1.54, 1.807) is 0 Å². The molecule has 0 nitrogen and oxygen atoms in total. The molecule has 0 radical (unpaired) electrons. The van der Waals surface area contributed by atoms with Crippen LogP contribution in [0.3, 0.4) is 0 Å². The molecule has 72 valence electrons. The first kappa shape index (κ1) is 10.9. The standard InChI is InChI=1S/C11H14Cl2/c12-7-6-11(9-13)8-10-4-2-1-3-5-10/h1-5,11H,6-9H2. The predicted molar refractivity (Wildman–Crippen MR) is 59.7 cm³/mol. The van der Waals surface area contributed by atoms with Crippen molar-refractivity contribution in [2.45, 2.75) is 12.8 Å². The summed E-state index contributed by atoms with van der Waals surface area (Å²) >= 11 is 11.5. The lowest BCUT2D eigenvalue weighted by molar-refractivity contribution is 0.570. The van der Waals surface area contributed by atoms with Gasteiger partial charge in [-0.25, -0.2) is 0 Å². The molecule has 0 N–H and O–H groups in total. The lowest BCUT2D eigenvalue weighted by atomic mass is 9.99. The summed E-state index contributed by atoms with van der Waals surface area (Å²) in [4.78, 5) is 0. The summed E-state index contributed by atoms with van der Waals surface area (Å²) in [7, 11) is 0. The van der Waals surface area contributed by atoms with Gasteiger partial charge in [-0.1, -0.05) is 30.3 Å². The molecule has 2 heteroatoms. The minimum Gasteiger partial charge on any atom is -0.127 e. The fraction of sp³-hybridized carbons (Fsp3) is 0.455. The zero-order valence-corrected chi connectivity index (χ0v) is 9.06. The zero-order valence-electron chi connectivity index (χ0n) is 7.55. The van der Waals surface area contributed by atoms with Gasteiger partial charge in [0.15, 0.2) is 0 Å². The predicted octanol–water partition coefficient (Wildman–Crippen LogP) is 3.71. The molecule has 0 aliphatic heterocycles. The van der Waals surface area contributed by atoms with E-state index in [1.807, 2.05) is 6.07 Å². The van der Waals surface area contributed by atoms with E-state index < -0.39 is 0 Å². The second-order valence-corrected chi connectivity index (χ2v) is 3.87. The van der Waals surface area contributed by atoms with Crippen molar-refractivity contribution in [3.8, 4) is 0 Å². The lowest BCUT2D eigenvalue weighted by Crippen LogP contribution is -2.06. The van der Waals surface area contributed by atoms with E-state index in [9.17, 15) is 0 Å². The molecule has 0 fully saturated rings. The van der Waals surface area contributed by atoms with Gasteiger partial charge in [0.05, 0.1) is 0 Å². The average molecular weight is 217 g/mol. The van der Waals surface area contributed by atoms with Crippen LogP contribution in [0.2, 0.25) is 0 Å². The highest BCUT2D eigenvalue weighted by molar-refractivity contribution is 6.18. The van der Waals surface area contributed by atoms with Crippen LogP contribution in [0.1, 0.15) is 12.0 Å². The minimum atomic E-state index is 0.515. The molecular formula is C11H14Cl2. The Bertz CT molecular complexity index is 221. The summed E-state index contributed by atoms with van der Waals surface area (Å²) in [5.74, 6) is 1.91. The molecular weight excluding hydrogens is 203 g/mol. The van der Waals surface area contributed by atoms with E-state index >= 15 is 0 Å². The van der Waals surface area contributed by atoms with Gasteiger partial charge in [-0.2, -0.15) is 0 Å². The first-order valence-electron chi connectivity index (χ1n) is 4.52. The van der Waals surface area contributed by atoms with Gasteiger partial charge in [0.1, 0.15) is 0 Å². The van der Waals surface area contributed by atoms with Crippen LogP contribution < -0.4 is 0 Å². The van der Waals surface area contributed by atoms with Crippen molar-refractivity contribution >= 4 is 23.2 Å². The van der Waals surface area contributed by atoms with Crippen molar-refractivity contribution < 1.29 is 0 Å². The van der Waals surface area contributed by atoms with Crippen LogP contribution >= 0.6 is 23.2 Å². The van der Waals surface area contributed by atoms with E-state index in [-0.39, 0.29) is 0 Å². The third kappa shape index (κ3) is 4.02. The largest absolute Gasteiger partial charge is 0.127 e. The Labute approximate surface area is 89.9 Å². The smallest absolute Gasteiger partial charge is 0.0255 e. The normalized spacial score (nSPS) is 12.8. The fourth-order valence-electron chi connectivity index (χ4n) is 1.34. The second-order valence-electron chi connectivity index (χ2n) is 3.19. The monoisotopic (exact) mass is 216 g/mol. The maximum atomic E-state index is 5.84. The Kier molecular flexibility index (Phi) is 5.26. The molecule has 0 aliphatic carbocycles. The van der Waals surface area contributed by atoms with Crippen molar-refractivity contribution in [3.05, 3.63) is 35.9 Å². The molecule has 0 spiro atoms. The Balaban J connectivity index is 2.46. The summed E-state index contributed by atoms with van der Waals surface area (Å²) in [5, 5.41) is 0. The molecule has 0 saturated carbocycles. The van der Waals surface area contributed by atoms with Gasteiger partial charge < -0.3 is 0 Å². The van der Waals surface area contributed by atoms with Crippen molar-refractivity contribution in [1.29, 1.82) is 0 Å². The zero-order chi connectivity index (χ0) is 9.52. The molecule has 0 aromatic heterocycles. The number of hydrogen-bond acceptors (Lipinski definition) is 0. The fourth-order valence-corrected chi connectivity index (χ4v) is 1.91. The molecule has 0 aliphatic rings. The molecule has 1 atom stereocenters. The third-order valence-electron chi connectivity index (χ3n) is 2.10. The molecule has 0 saturated heterocycles. The van der Waals surface area contributed by atoms with Crippen LogP contribution in [0.15, 0.2) is 30.3 Å². The maximum Gasteiger partial charge on any atom is 0.0255 e. The molecule has 1 aromatic rings. The summed E-state index contributed by atoms with van der Waals surface area (Å²) in [6.45, 7) is 0. The quantitative estimate of drug-likeness (QED) is 0.659. The van der Waals surface area contributed by atoms with E-state index in [1.165, 1.54) is 5.56 Å². The summed E-state index contributed by atoms with van der Waals surface area (Å²) in [6.07, 6.45) is 2.04. The Morgan fingerprint density at radius 3 is 2.31 bits per heavy atom. The van der Waals surface area contributed by atoms with Crippen molar-refractivity contribution in [2.75, 3.05) is 11.8 Å². The van der Waals surface area contributed by atoms with Gasteiger partial charge in [-0.15, -0.1) is 23.2 Å². The Morgan fingerprint density at radius 1 is 1.08 bits per heavy atom. The number of hydrogen-bond donors (Lipinski definition) is 0. The number of benzene rings is 1. The van der Waals surface area contributed by atoms with Gasteiger partial charge in [0.2, 0.25) is 0 Å². The molecule has 0 bridgehead atoms. The summed E-state index contributed by atoms with van der Waals surface area (Å²) in [5.41, 5.74) is 1.35. The van der Waals surface area contributed by atoms with Gasteiger partial charge in [-0.05, 0) is 24.3 Å². The second kappa shape index (κ2) is 6.28. The van der Waals surface area contributed by atoms with Crippen LogP contribution in [0.5, 0.6) is 0 Å². The first-order valence-corrected chi connectivity index (χ1v) is 5.59. The highest BCUT2D eigenvalue weighted by Gasteiger charge is 2.06. The molecule has 1 aromatic carbocycles. The van der Waals surface area contributed by atoms with Crippen molar-refractivity contribution in [1.82, 2.24) is 0 Å². The van der Waals surface area contributed by atoms with Crippen molar-refractivity contribution in [3.63, 3.8) is 0 Å². The Hall–Kier alpha value is -0.200. The summed E-state index contributed by atoms with van der Waals surface area (Å²) < 4.78 is 0. The molecule has 13 heavy (non-hydrogen) atoms. The molecule has 1 unspecified atom stereocenters. The van der Waals surface area contributed by atoms with Crippen LogP contribution in [0.4, 0.5) is 0 Å². The third-order valence-corrected chi connectivity index (χ3v) is 2.76. The van der Waals surface area contributed by atoms with Crippen LogP contribution in [-0.4, -0.2) is 11.8 Å². The topological polar surface area (TPSA) is 0 Å². The van der Waals surface area contributed by atoms with E-state index in [2.05, 4.69) is 24.3 Å². The molecule has 0 heterocycles. The van der Waals surface area contributed by atoms with E-state index in [4.69, 9.17) is 23.2 Å². The van der Waals surface area contributed by atoms with Crippen LogP contribution in [-0.2, 0) is 6.42 Å². The Morgan fingerprint density at radius 2 is 1.77 bits per heavy atom. The van der Waals surface area contributed by atoms with E-state index in [0.29, 0.717) is 17.7 Å². The van der Waals surface area contributed by atoms with E-state index in [0.717, 1.165) is 12.8 Å². The lowest BCUT2D eigenvalue weighted by Gasteiger charge is -2.11. The summed E-state index contributed by atoms with van der Waals surface area (Å²) in [6, 6.07) is 10.4. The highest BCUT2D eigenvalue weighted by atomic mass is 35.5. The maximum absolute atomic E-state index is 5.84. The number of rotatable bonds is 5. The minimum absolute atomic E-state index is 0.515. The van der Waals surface area contributed by atoms with Crippen LogP contribution in [0, 0.1) is 5.92 Å². The van der Waals surface area contributed by atoms with Gasteiger partial charge in [0.25, 0.3) is 0 Å². The highest BCUT2D eigenvalue weighted by Crippen LogP contribution is 2.14. The number of halogens is 2. The van der Waals surface area contributed by atoms with Crippen molar-refractivity contribution in [2.24, 2.45) is 5.92 Å². The SMILES string of the molecule is ClCCC(CCl)Cc1ccccc1.